The highest BCUT2D eigenvalue weighted by atomic mass is 16.6. The number of amides is 1. The van der Waals surface area contributed by atoms with Gasteiger partial charge in [0.1, 0.15) is 5.71 Å². The summed E-state index contributed by atoms with van der Waals surface area (Å²) in [5.41, 5.74) is 3.04. The summed E-state index contributed by atoms with van der Waals surface area (Å²) in [6, 6.07) is 21.5. The van der Waals surface area contributed by atoms with E-state index in [9.17, 15) is 19.7 Å². The molecule has 1 aliphatic rings. The molecule has 1 amide bonds. The zero-order valence-corrected chi connectivity index (χ0v) is 17.0. The third kappa shape index (κ3) is 4.01. The Labute approximate surface area is 183 Å². The standard InChI is InChI=1S/C24H17N3O5/c1-32-24(29)18-9-7-16(8-10-18)15-21-22(17-5-3-2-4-6-17)25-26(23(21)28)19-11-13-20(14-12-19)27(30)31/h2-15H,1H3/b21-15-. The lowest BCUT2D eigenvalue weighted by molar-refractivity contribution is -0.384. The van der Waals surface area contributed by atoms with E-state index in [4.69, 9.17) is 4.74 Å². The molecule has 1 heterocycles. The molecule has 0 radical (unpaired) electrons. The lowest BCUT2D eigenvalue weighted by Crippen LogP contribution is -2.21. The number of ether oxygens (including phenoxy) is 1. The molecule has 1 aliphatic heterocycles. The first-order chi connectivity index (χ1) is 15.5. The number of hydrogen-bond donors (Lipinski definition) is 0. The Morgan fingerprint density at radius 1 is 1.00 bits per heavy atom. The molecule has 0 atom stereocenters. The molecular weight excluding hydrogens is 410 g/mol. The van der Waals surface area contributed by atoms with E-state index >= 15 is 0 Å². The summed E-state index contributed by atoms with van der Waals surface area (Å²) in [6.07, 6.45) is 1.70. The van der Waals surface area contributed by atoms with Crippen LogP contribution in [0.25, 0.3) is 6.08 Å². The van der Waals surface area contributed by atoms with Crippen molar-refractivity contribution in [2.75, 3.05) is 12.1 Å². The van der Waals surface area contributed by atoms with Crippen molar-refractivity contribution < 1.29 is 19.2 Å². The summed E-state index contributed by atoms with van der Waals surface area (Å²) in [6.45, 7) is 0. The number of nitro groups is 1. The maximum atomic E-state index is 13.3. The smallest absolute Gasteiger partial charge is 0.337 e. The minimum absolute atomic E-state index is 0.0749. The zero-order chi connectivity index (χ0) is 22.7. The van der Waals surface area contributed by atoms with Gasteiger partial charge in [-0.05, 0) is 35.9 Å². The molecule has 8 heteroatoms. The number of carbonyl (C=O) groups is 2. The maximum Gasteiger partial charge on any atom is 0.337 e. The first kappa shape index (κ1) is 20.7. The highest BCUT2D eigenvalue weighted by molar-refractivity contribution is 6.37. The molecule has 0 unspecified atom stereocenters. The van der Waals surface area contributed by atoms with Crippen molar-refractivity contribution in [3.63, 3.8) is 0 Å². The van der Waals surface area contributed by atoms with Gasteiger partial charge >= 0.3 is 5.97 Å². The molecule has 0 aromatic heterocycles. The monoisotopic (exact) mass is 427 g/mol. The second kappa shape index (κ2) is 8.65. The van der Waals surface area contributed by atoms with Gasteiger partial charge < -0.3 is 4.74 Å². The van der Waals surface area contributed by atoms with Crippen molar-refractivity contribution in [3.8, 4) is 0 Å². The highest BCUT2D eigenvalue weighted by Crippen LogP contribution is 2.29. The second-order valence-corrected chi connectivity index (χ2v) is 6.88. The van der Waals surface area contributed by atoms with Crippen LogP contribution in [0.15, 0.2) is 89.5 Å². The number of non-ortho nitro benzene ring substituents is 1. The van der Waals surface area contributed by atoms with Gasteiger partial charge in [0.05, 0.1) is 28.9 Å². The summed E-state index contributed by atoms with van der Waals surface area (Å²) < 4.78 is 4.71. The van der Waals surface area contributed by atoms with Gasteiger partial charge in [0.15, 0.2) is 0 Å². The number of anilines is 1. The van der Waals surface area contributed by atoms with Crippen LogP contribution in [-0.4, -0.2) is 29.6 Å². The average Bonchev–Trinajstić information content (AvgIpc) is 3.15. The lowest BCUT2D eigenvalue weighted by Gasteiger charge is -2.11. The molecular formula is C24H17N3O5. The first-order valence-corrected chi connectivity index (χ1v) is 9.61. The van der Waals surface area contributed by atoms with Crippen molar-refractivity contribution in [1.29, 1.82) is 0 Å². The van der Waals surface area contributed by atoms with Gasteiger partial charge in [-0.2, -0.15) is 10.1 Å². The molecule has 158 valence electrons. The van der Waals surface area contributed by atoms with Gasteiger partial charge in [-0.25, -0.2) is 4.79 Å². The Kier molecular flexibility index (Phi) is 5.59. The van der Waals surface area contributed by atoms with Crippen molar-refractivity contribution in [3.05, 3.63) is 111 Å². The van der Waals surface area contributed by atoms with Crippen LogP contribution in [0.5, 0.6) is 0 Å². The van der Waals surface area contributed by atoms with E-state index in [1.165, 1.54) is 36.4 Å². The maximum absolute atomic E-state index is 13.3. The predicted molar refractivity (Wildman–Crippen MR) is 119 cm³/mol. The summed E-state index contributed by atoms with van der Waals surface area (Å²) in [5.74, 6) is -0.813. The summed E-state index contributed by atoms with van der Waals surface area (Å²) >= 11 is 0. The topological polar surface area (TPSA) is 102 Å². The average molecular weight is 427 g/mol. The Morgan fingerprint density at radius 2 is 1.66 bits per heavy atom. The molecule has 32 heavy (non-hydrogen) atoms. The zero-order valence-electron chi connectivity index (χ0n) is 17.0. The molecule has 0 fully saturated rings. The van der Waals surface area contributed by atoms with E-state index in [0.29, 0.717) is 28.1 Å². The number of hydrazone groups is 1. The van der Waals surface area contributed by atoms with Crippen molar-refractivity contribution >= 4 is 35.0 Å². The summed E-state index contributed by atoms with van der Waals surface area (Å²) in [7, 11) is 1.31. The summed E-state index contributed by atoms with van der Waals surface area (Å²) in [5, 5.41) is 16.7. The Hall–Kier alpha value is -4.59. The molecule has 0 aliphatic carbocycles. The van der Waals surface area contributed by atoms with Gasteiger partial charge in [0.25, 0.3) is 11.6 Å². The van der Waals surface area contributed by atoms with Crippen LogP contribution >= 0.6 is 0 Å². The summed E-state index contributed by atoms with van der Waals surface area (Å²) in [4.78, 5) is 35.4. The Morgan fingerprint density at radius 3 is 2.25 bits per heavy atom. The Balaban J connectivity index is 1.74. The van der Waals surface area contributed by atoms with E-state index in [1.807, 2.05) is 30.3 Å². The largest absolute Gasteiger partial charge is 0.465 e. The fourth-order valence-corrected chi connectivity index (χ4v) is 3.24. The predicted octanol–water partition coefficient (Wildman–Crippen LogP) is 4.22. The number of esters is 1. The lowest BCUT2D eigenvalue weighted by atomic mass is 10.00. The van der Waals surface area contributed by atoms with Gasteiger partial charge in [-0.15, -0.1) is 0 Å². The number of nitro benzene ring substituents is 1. The molecule has 3 aromatic carbocycles. The minimum Gasteiger partial charge on any atom is -0.465 e. The first-order valence-electron chi connectivity index (χ1n) is 9.61. The van der Waals surface area contributed by atoms with E-state index in [-0.39, 0.29) is 11.6 Å². The number of methoxy groups -OCH3 is 1. The van der Waals surface area contributed by atoms with Crippen molar-refractivity contribution in [2.24, 2.45) is 5.10 Å². The van der Waals surface area contributed by atoms with Crippen LogP contribution < -0.4 is 5.01 Å². The van der Waals surface area contributed by atoms with Crippen molar-refractivity contribution in [2.45, 2.75) is 0 Å². The molecule has 3 aromatic rings. The number of rotatable bonds is 5. The quantitative estimate of drug-likeness (QED) is 0.263. The molecule has 0 bridgehead atoms. The molecule has 4 rings (SSSR count). The van der Waals surface area contributed by atoms with E-state index < -0.39 is 10.9 Å². The van der Waals surface area contributed by atoms with Crippen LogP contribution in [0, 0.1) is 10.1 Å². The van der Waals surface area contributed by atoms with Crippen LogP contribution in [-0.2, 0) is 9.53 Å². The van der Waals surface area contributed by atoms with Crippen molar-refractivity contribution in [1.82, 2.24) is 0 Å². The third-order valence-electron chi connectivity index (χ3n) is 4.87. The molecule has 0 N–H and O–H groups in total. The Bertz CT molecular complexity index is 1250. The van der Waals surface area contributed by atoms with Crippen LogP contribution in [0.4, 0.5) is 11.4 Å². The second-order valence-electron chi connectivity index (χ2n) is 6.88. The number of carbonyl (C=O) groups excluding carboxylic acids is 2. The molecule has 8 nitrogen and oxygen atoms in total. The number of benzene rings is 3. The number of nitrogens with zero attached hydrogens (tertiary/aromatic N) is 3. The molecule has 0 saturated carbocycles. The van der Waals surface area contributed by atoms with Crippen LogP contribution in [0.3, 0.4) is 0 Å². The van der Waals surface area contributed by atoms with Crippen LogP contribution in [0.1, 0.15) is 21.5 Å². The minimum atomic E-state index is -0.502. The van der Waals surface area contributed by atoms with Gasteiger partial charge in [-0.3, -0.25) is 14.9 Å². The highest BCUT2D eigenvalue weighted by Gasteiger charge is 2.32. The van der Waals surface area contributed by atoms with Crippen LogP contribution in [0.2, 0.25) is 0 Å². The van der Waals surface area contributed by atoms with Gasteiger partial charge in [-0.1, -0.05) is 42.5 Å². The van der Waals surface area contributed by atoms with E-state index in [0.717, 1.165) is 5.56 Å². The fourth-order valence-electron chi connectivity index (χ4n) is 3.24. The number of hydrogen-bond acceptors (Lipinski definition) is 6. The van der Waals surface area contributed by atoms with Gasteiger partial charge in [0, 0.05) is 17.7 Å². The normalized spacial score (nSPS) is 14.4. The molecule has 0 spiro atoms. The third-order valence-corrected chi connectivity index (χ3v) is 4.87. The SMILES string of the molecule is COC(=O)c1ccc(/C=C2\C(=O)N(c3ccc([N+](=O)[O-])cc3)N=C2c2ccccc2)cc1. The van der Waals surface area contributed by atoms with E-state index in [2.05, 4.69) is 5.10 Å². The van der Waals surface area contributed by atoms with E-state index in [1.54, 1.807) is 30.3 Å². The molecule has 0 saturated heterocycles. The van der Waals surface area contributed by atoms with Gasteiger partial charge in [0.2, 0.25) is 0 Å². The fraction of sp³-hybridized carbons (Fsp3) is 0.0417.